The number of cyclic esters (lactones) is 1. The van der Waals surface area contributed by atoms with Crippen LogP contribution in [0.4, 0.5) is 4.79 Å². The number of carbonyl (C=O) groups excluding carboxylic acids is 2. The van der Waals surface area contributed by atoms with E-state index in [0.29, 0.717) is 25.6 Å². The quantitative estimate of drug-likeness (QED) is 0.694. The predicted octanol–water partition coefficient (Wildman–Crippen LogP) is -0.708. The van der Waals surface area contributed by atoms with E-state index in [1.807, 2.05) is 0 Å². The van der Waals surface area contributed by atoms with Crippen LogP contribution in [-0.2, 0) is 19.0 Å². The van der Waals surface area contributed by atoms with Crippen LogP contribution in [0.3, 0.4) is 0 Å². The average molecular weight is 327 g/mol. The Morgan fingerprint density at radius 2 is 2.00 bits per heavy atom. The number of morpholine rings is 1. The molecule has 0 radical (unpaired) electrons. The van der Waals surface area contributed by atoms with Gasteiger partial charge in [-0.1, -0.05) is 0 Å². The molecule has 0 aromatic carbocycles. The van der Waals surface area contributed by atoms with Gasteiger partial charge in [0.15, 0.2) is 0 Å². The minimum atomic E-state index is -0.521. The Kier molecular flexibility index (Phi) is 5.69. The molecule has 1 N–H and O–H groups in total. The predicted molar refractivity (Wildman–Crippen MR) is 81.0 cm³/mol. The largest absolute Gasteiger partial charge is 0.447 e. The van der Waals surface area contributed by atoms with Crippen LogP contribution < -0.4 is 5.32 Å². The Morgan fingerprint density at radius 1 is 1.17 bits per heavy atom. The zero-order chi connectivity index (χ0) is 16.1. The lowest BCUT2D eigenvalue weighted by Gasteiger charge is -2.27. The third kappa shape index (κ3) is 4.33. The van der Waals surface area contributed by atoms with E-state index in [4.69, 9.17) is 14.2 Å². The molecule has 3 saturated heterocycles. The smallest absolute Gasteiger partial charge is 0.410 e. The Morgan fingerprint density at radius 3 is 2.74 bits per heavy atom. The summed E-state index contributed by atoms with van der Waals surface area (Å²) in [6, 6.07) is -0.521. The van der Waals surface area contributed by atoms with E-state index in [1.165, 1.54) is 0 Å². The second kappa shape index (κ2) is 7.94. The van der Waals surface area contributed by atoms with Gasteiger partial charge in [-0.15, -0.1) is 0 Å². The van der Waals surface area contributed by atoms with Crippen LogP contribution in [0, 0.1) is 5.92 Å². The summed E-state index contributed by atoms with van der Waals surface area (Å²) in [6.07, 6.45) is 0.528. The summed E-state index contributed by atoms with van der Waals surface area (Å²) in [5.41, 5.74) is 0. The van der Waals surface area contributed by atoms with Crippen molar-refractivity contribution in [2.45, 2.75) is 12.5 Å². The summed E-state index contributed by atoms with van der Waals surface area (Å²) in [5, 5.41) is 2.92. The van der Waals surface area contributed by atoms with Gasteiger partial charge in [0.25, 0.3) is 0 Å². The highest BCUT2D eigenvalue weighted by molar-refractivity contribution is 5.87. The van der Waals surface area contributed by atoms with Gasteiger partial charge in [-0.3, -0.25) is 14.6 Å². The van der Waals surface area contributed by atoms with Crippen LogP contribution in [0.1, 0.15) is 6.42 Å². The van der Waals surface area contributed by atoms with Gasteiger partial charge in [0, 0.05) is 45.2 Å². The molecule has 0 saturated carbocycles. The molecule has 2 atom stereocenters. The Balaban J connectivity index is 1.44. The number of nitrogens with zero attached hydrogens (tertiary/aromatic N) is 2. The maximum atomic E-state index is 12.4. The lowest BCUT2D eigenvalue weighted by Crippen LogP contribution is -2.49. The van der Waals surface area contributed by atoms with Crippen molar-refractivity contribution in [3.63, 3.8) is 0 Å². The van der Waals surface area contributed by atoms with E-state index in [-0.39, 0.29) is 12.5 Å². The minimum absolute atomic E-state index is 0.135. The van der Waals surface area contributed by atoms with Crippen LogP contribution in [0.25, 0.3) is 0 Å². The molecule has 0 spiro atoms. The number of rotatable bonds is 6. The number of amides is 2. The van der Waals surface area contributed by atoms with Crippen molar-refractivity contribution < 1.29 is 23.8 Å². The van der Waals surface area contributed by atoms with E-state index in [0.717, 1.165) is 45.9 Å². The molecule has 0 aromatic heterocycles. The summed E-state index contributed by atoms with van der Waals surface area (Å²) in [7, 11) is 0. The standard InChI is InChI=1S/C15H25N3O5/c19-14(16-2-3-17-4-7-21-8-5-17)13-11-23-15(20)18(13)9-12-1-6-22-10-12/h12-13H,1-11H2,(H,16,19)/t12?,13-/m0/s1. The molecule has 0 aliphatic carbocycles. The Hall–Kier alpha value is -1.38. The first-order chi connectivity index (χ1) is 11.2. The summed E-state index contributed by atoms with van der Waals surface area (Å²) >= 11 is 0. The Labute approximate surface area is 136 Å². The van der Waals surface area contributed by atoms with Crippen molar-refractivity contribution in [2.75, 3.05) is 65.8 Å². The highest BCUT2D eigenvalue weighted by Crippen LogP contribution is 2.20. The molecular formula is C15H25N3O5. The van der Waals surface area contributed by atoms with E-state index < -0.39 is 12.1 Å². The molecule has 3 rings (SSSR count). The van der Waals surface area contributed by atoms with Gasteiger partial charge < -0.3 is 19.5 Å². The average Bonchev–Trinajstić information content (AvgIpc) is 3.20. The minimum Gasteiger partial charge on any atom is -0.447 e. The number of hydrogen-bond acceptors (Lipinski definition) is 6. The molecule has 0 aromatic rings. The van der Waals surface area contributed by atoms with Gasteiger partial charge in [-0.25, -0.2) is 4.79 Å². The fraction of sp³-hybridized carbons (Fsp3) is 0.867. The Bertz CT molecular complexity index is 421. The molecule has 8 heteroatoms. The number of nitrogens with one attached hydrogen (secondary N) is 1. The first-order valence-electron chi connectivity index (χ1n) is 8.33. The zero-order valence-corrected chi connectivity index (χ0v) is 13.4. The molecule has 3 aliphatic rings. The van der Waals surface area contributed by atoms with Crippen LogP contribution >= 0.6 is 0 Å². The molecule has 2 amide bonds. The van der Waals surface area contributed by atoms with E-state index in [2.05, 4.69) is 10.2 Å². The fourth-order valence-corrected chi connectivity index (χ4v) is 3.15. The van der Waals surface area contributed by atoms with Crippen LogP contribution in [-0.4, -0.2) is 93.6 Å². The monoisotopic (exact) mass is 327 g/mol. The first kappa shape index (κ1) is 16.5. The second-order valence-electron chi connectivity index (χ2n) is 6.22. The van der Waals surface area contributed by atoms with Crippen molar-refractivity contribution in [1.82, 2.24) is 15.1 Å². The fourth-order valence-electron chi connectivity index (χ4n) is 3.15. The molecule has 1 unspecified atom stereocenters. The topological polar surface area (TPSA) is 80.3 Å². The molecule has 8 nitrogen and oxygen atoms in total. The van der Waals surface area contributed by atoms with Gasteiger partial charge in [0.1, 0.15) is 12.6 Å². The molecular weight excluding hydrogens is 302 g/mol. The normalized spacial score (nSPS) is 28.9. The maximum Gasteiger partial charge on any atom is 0.410 e. The third-order valence-corrected chi connectivity index (χ3v) is 4.59. The van der Waals surface area contributed by atoms with Crippen LogP contribution in [0.5, 0.6) is 0 Å². The van der Waals surface area contributed by atoms with Gasteiger partial charge in [0.05, 0.1) is 19.8 Å². The summed E-state index contributed by atoms with van der Waals surface area (Å²) in [6.45, 7) is 6.70. The first-order valence-corrected chi connectivity index (χ1v) is 8.33. The molecule has 0 bridgehead atoms. The number of carbonyl (C=O) groups is 2. The molecule has 23 heavy (non-hydrogen) atoms. The van der Waals surface area contributed by atoms with E-state index in [1.54, 1.807) is 4.90 Å². The summed E-state index contributed by atoms with van der Waals surface area (Å²) in [4.78, 5) is 28.0. The lowest BCUT2D eigenvalue weighted by molar-refractivity contribution is -0.125. The zero-order valence-electron chi connectivity index (χ0n) is 13.4. The van der Waals surface area contributed by atoms with Gasteiger partial charge in [0.2, 0.25) is 5.91 Å². The highest BCUT2D eigenvalue weighted by Gasteiger charge is 2.39. The van der Waals surface area contributed by atoms with Crippen molar-refractivity contribution in [1.29, 1.82) is 0 Å². The molecule has 3 aliphatic heterocycles. The van der Waals surface area contributed by atoms with Crippen molar-refractivity contribution in [2.24, 2.45) is 5.92 Å². The van der Waals surface area contributed by atoms with Crippen molar-refractivity contribution >= 4 is 12.0 Å². The molecule has 130 valence electrons. The van der Waals surface area contributed by atoms with Crippen LogP contribution in [0.2, 0.25) is 0 Å². The second-order valence-corrected chi connectivity index (χ2v) is 6.22. The van der Waals surface area contributed by atoms with Gasteiger partial charge in [-0.2, -0.15) is 0 Å². The highest BCUT2D eigenvalue weighted by atomic mass is 16.6. The summed E-state index contributed by atoms with van der Waals surface area (Å²) < 4.78 is 15.7. The van der Waals surface area contributed by atoms with E-state index in [9.17, 15) is 9.59 Å². The third-order valence-electron chi connectivity index (χ3n) is 4.59. The van der Waals surface area contributed by atoms with Crippen molar-refractivity contribution in [3.05, 3.63) is 0 Å². The molecule has 3 heterocycles. The van der Waals surface area contributed by atoms with Gasteiger partial charge in [-0.05, 0) is 6.42 Å². The lowest BCUT2D eigenvalue weighted by atomic mass is 10.1. The number of hydrogen-bond donors (Lipinski definition) is 1. The molecule has 3 fully saturated rings. The van der Waals surface area contributed by atoms with Crippen molar-refractivity contribution in [3.8, 4) is 0 Å². The SMILES string of the molecule is O=C(NCCN1CCOCC1)[C@@H]1COC(=O)N1CC1CCOC1. The van der Waals surface area contributed by atoms with E-state index >= 15 is 0 Å². The number of ether oxygens (including phenoxy) is 3. The van der Waals surface area contributed by atoms with Crippen LogP contribution in [0.15, 0.2) is 0 Å². The summed E-state index contributed by atoms with van der Waals surface area (Å²) in [5.74, 6) is 0.160. The van der Waals surface area contributed by atoms with Gasteiger partial charge >= 0.3 is 6.09 Å². The maximum absolute atomic E-state index is 12.4.